The maximum Gasteiger partial charge on any atom is 3.00 e. The molecule has 0 atom stereocenters. The second kappa shape index (κ2) is 10.9. The molecule has 0 saturated carbocycles. The minimum Gasteiger partial charge on any atom is -0.499 e. The Morgan fingerprint density at radius 1 is 0.878 bits per heavy atom. The summed E-state index contributed by atoms with van der Waals surface area (Å²) in [5.74, 6) is 0. The van der Waals surface area contributed by atoms with Crippen LogP contribution in [0.1, 0.15) is 65.5 Å². The molecule has 4 aromatic rings. The van der Waals surface area contributed by atoms with Gasteiger partial charge in [-0.25, -0.2) is 0 Å². The third-order valence-electron chi connectivity index (χ3n) is 8.74. The summed E-state index contributed by atoms with van der Waals surface area (Å²) < 4.78 is 0. The quantitative estimate of drug-likeness (QED) is 0.193. The average molecular weight is 720 g/mol. The van der Waals surface area contributed by atoms with Crippen LogP contribution in [0.15, 0.2) is 72.9 Å². The Morgan fingerprint density at radius 2 is 1.61 bits per heavy atom. The monoisotopic (exact) mass is 720 g/mol. The van der Waals surface area contributed by atoms with E-state index in [9.17, 15) is 0 Å². The first-order chi connectivity index (χ1) is 19.1. The van der Waals surface area contributed by atoms with Crippen LogP contribution in [-0.4, -0.2) is 18.1 Å². The molecule has 0 unspecified atom stereocenters. The van der Waals surface area contributed by atoms with Crippen molar-refractivity contribution in [2.75, 3.05) is 21.7 Å². The number of aromatic nitrogens is 1. The second-order valence-electron chi connectivity index (χ2n) is 12.7. The van der Waals surface area contributed by atoms with Gasteiger partial charge in [-0.2, -0.15) is 18.3 Å². The first-order valence-electron chi connectivity index (χ1n) is 14.4. The minimum absolute atomic E-state index is 0. The third-order valence-corrected chi connectivity index (χ3v) is 8.74. The zero-order valence-electron chi connectivity index (χ0n) is 25.1. The summed E-state index contributed by atoms with van der Waals surface area (Å²) in [6, 6.07) is 30.3. The van der Waals surface area contributed by atoms with E-state index in [-0.39, 0.29) is 30.9 Å². The van der Waals surface area contributed by atoms with Gasteiger partial charge in [-0.1, -0.05) is 63.4 Å². The van der Waals surface area contributed by atoms with Crippen LogP contribution in [0.3, 0.4) is 0 Å². The number of fused-ring (bicyclic) bond motifs is 3. The maximum absolute atomic E-state index is 4.22. The van der Waals surface area contributed by atoms with Crippen molar-refractivity contribution < 1.29 is 20.1 Å². The number of benzene rings is 3. The van der Waals surface area contributed by atoms with Crippen LogP contribution >= 0.6 is 0 Å². The topological polar surface area (TPSA) is 22.6 Å². The Morgan fingerprint density at radius 3 is 2.29 bits per heavy atom. The summed E-state index contributed by atoms with van der Waals surface area (Å²) >= 11 is 0. The van der Waals surface area contributed by atoms with E-state index < -0.39 is 0 Å². The van der Waals surface area contributed by atoms with Crippen LogP contribution in [0.2, 0.25) is 0 Å². The third kappa shape index (κ3) is 5.08. The number of hydrogen-bond donors (Lipinski definition) is 0. The van der Waals surface area contributed by atoms with Gasteiger partial charge in [0.2, 0.25) is 0 Å². The van der Waals surface area contributed by atoms with Crippen LogP contribution in [0, 0.1) is 18.8 Å². The van der Waals surface area contributed by atoms with Crippen molar-refractivity contribution in [2.24, 2.45) is 0 Å². The largest absolute Gasteiger partial charge is 3.00 e. The van der Waals surface area contributed by atoms with Crippen LogP contribution in [0.25, 0.3) is 11.3 Å². The molecule has 4 nitrogen and oxygen atoms in total. The predicted octanol–water partition coefficient (Wildman–Crippen LogP) is 8.95. The van der Waals surface area contributed by atoms with Gasteiger partial charge in [0.15, 0.2) is 0 Å². The van der Waals surface area contributed by atoms with E-state index in [0.717, 1.165) is 11.3 Å². The molecule has 5 heteroatoms. The van der Waals surface area contributed by atoms with E-state index in [0.29, 0.717) is 6.04 Å². The Hall–Kier alpha value is -3.14. The van der Waals surface area contributed by atoms with E-state index in [1.807, 2.05) is 42.5 Å². The zero-order valence-corrected chi connectivity index (χ0v) is 27.5. The standard InChI is InChI=1S/C25H31N3.C11H8N.Ir/c1-16(2)27-15-28-22-14-18-17(24(3,4)11-12-25(18,5)6)13-21(22)26(7)19-9-8-10-20(27)23(19)28;1-2-6-10(7-3-1)11-8-4-5-9-12-11;/h8-10,13,15-16H,11-12H2,1-7H3;1-6,8-9H;/q-2;-1;+3. The van der Waals surface area contributed by atoms with Gasteiger partial charge in [0.25, 0.3) is 0 Å². The normalized spacial score (nSPS) is 17.1. The van der Waals surface area contributed by atoms with Crippen molar-refractivity contribution in [3.63, 3.8) is 0 Å². The van der Waals surface area contributed by atoms with Gasteiger partial charge in [-0.15, -0.1) is 47.5 Å². The molecule has 0 amide bonds. The molecule has 0 saturated heterocycles. The maximum atomic E-state index is 4.22. The van der Waals surface area contributed by atoms with E-state index in [1.165, 1.54) is 52.4 Å². The smallest absolute Gasteiger partial charge is 0.499 e. The summed E-state index contributed by atoms with van der Waals surface area (Å²) in [5, 5.41) is 0. The van der Waals surface area contributed by atoms with Crippen molar-refractivity contribution in [3.05, 3.63) is 103 Å². The minimum atomic E-state index is 0. The molecule has 7 rings (SSSR count). The SMILES string of the molecule is CC(C)N1[CH-]N2c3[c-]c4c(cc3N(C)c3cccc1c32)C(C)(C)CCC4(C)C.[Ir+3].[c-]1ccccc1-c1ccccn1. The van der Waals surface area contributed by atoms with Gasteiger partial charge in [0.1, 0.15) is 0 Å². The average Bonchev–Trinajstić information content (AvgIpc) is 3.36. The molecule has 2 aliphatic heterocycles. The van der Waals surface area contributed by atoms with Crippen molar-refractivity contribution in [2.45, 2.75) is 71.3 Å². The molecule has 1 aliphatic carbocycles. The number of hydrogen-bond acceptors (Lipinski definition) is 4. The van der Waals surface area contributed by atoms with Crippen LogP contribution in [-0.2, 0) is 30.9 Å². The van der Waals surface area contributed by atoms with E-state index in [2.05, 4.69) is 111 Å². The van der Waals surface area contributed by atoms with Gasteiger partial charge >= 0.3 is 20.1 Å². The van der Waals surface area contributed by atoms with Gasteiger partial charge in [-0.05, 0) is 68.4 Å². The molecule has 41 heavy (non-hydrogen) atoms. The van der Waals surface area contributed by atoms with Gasteiger partial charge in [0.05, 0.1) is 11.4 Å². The van der Waals surface area contributed by atoms with E-state index in [1.54, 1.807) is 6.20 Å². The molecule has 0 N–H and O–H groups in total. The van der Waals surface area contributed by atoms with Crippen molar-refractivity contribution >= 4 is 28.4 Å². The summed E-state index contributed by atoms with van der Waals surface area (Å²) in [5.41, 5.74) is 11.5. The molecule has 3 aliphatic rings. The van der Waals surface area contributed by atoms with Gasteiger partial charge in [0, 0.05) is 11.9 Å². The van der Waals surface area contributed by atoms with E-state index in [4.69, 9.17) is 0 Å². The molecule has 0 spiro atoms. The Labute approximate surface area is 259 Å². The van der Waals surface area contributed by atoms with Crippen molar-refractivity contribution in [1.82, 2.24) is 4.98 Å². The predicted molar refractivity (Wildman–Crippen MR) is 168 cm³/mol. The Balaban J connectivity index is 0.000000218. The Kier molecular flexibility index (Phi) is 7.82. The van der Waals surface area contributed by atoms with Crippen molar-refractivity contribution in [3.8, 4) is 11.3 Å². The molecule has 212 valence electrons. The summed E-state index contributed by atoms with van der Waals surface area (Å²) in [6.45, 7) is 16.3. The first-order valence-corrected chi connectivity index (χ1v) is 14.4. The van der Waals surface area contributed by atoms with Gasteiger partial charge in [-0.3, -0.25) is 0 Å². The number of para-hydroxylation sites is 1. The van der Waals surface area contributed by atoms with Gasteiger partial charge < -0.3 is 19.7 Å². The number of pyridine rings is 1. The first kappa shape index (κ1) is 29.4. The Bertz CT molecular complexity index is 1490. The molecule has 0 bridgehead atoms. The molecule has 0 radical (unpaired) electrons. The number of rotatable bonds is 2. The fourth-order valence-corrected chi connectivity index (χ4v) is 6.19. The van der Waals surface area contributed by atoms with Crippen LogP contribution in [0.4, 0.5) is 28.4 Å². The summed E-state index contributed by atoms with van der Waals surface area (Å²) in [6.07, 6.45) is 4.22. The molecule has 0 fully saturated rings. The fraction of sp³-hybridized carbons (Fsp3) is 0.333. The molecule has 1 aromatic heterocycles. The molecule has 3 aromatic carbocycles. The number of anilines is 5. The van der Waals surface area contributed by atoms with Crippen molar-refractivity contribution in [1.29, 1.82) is 0 Å². The molecular formula is C36H39IrN4. The summed E-state index contributed by atoms with van der Waals surface area (Å²) in [4.78, 5) is 11.3. The zero-order chi connectivity index (χ0) is 28.2. The van der Waals surface area contributed by atoms with Crippen LogP contribution in [0.5, 0.6) is 0 Å². The second-order valence-corrected chi connectivity index (χ2v) is 12.7. The number of nitrogens with zero attached hydrogens (tertiary/aromatic N) is 4. The summed E-state index contributed by atoms with van der Waals surface area (Å²) in [7, 11) is 2.20. The molecule has 3 heterocycles. The van der Waals surface area contributed by atoms with E-state index >= 15 is 0 Å². The van der Waals surface area contributed by atoms with Crippen LogP contribution < -0.4 is 14.7 Å². The fourth-order valence-electron chi connectivity index (χ4n) is 6.19. The molecular weight excluding hydrogens is 681 g/mol.